The molecule has 0 atom stereocenters. The maximum atomic E-state index is 13.4. The molecule has 1 heterocycles. The average Bonchev–Trinajstić information content (AvgIpc) is 2.44. The van der Waals surface area contributed by atoms with Crippen molar-refractivity contribution < 1.29 is 9.13 Å². The molecule has 0 aliphatic carbocycles. The van der Waals surface area contributed by atoms with Crippen molar-refractivity contribution in [3.8, 4) is 0 Å². The van der Waals surface area contributed by atoms with E-state index in [9.17, 15) is 4.39 Å². The molecular formula is C16H24BrFN2O. The second-order valence-corrected chi connectivity index (χ2v) is 6.61. The third-order valence-corrected chi connectivity index (χ3v) is 4.41. The zero-order valence-electron chi connectivity index (χ0n) is 12.6. The van der Waals surface area contributed by atoms with Gasteiger partial charge in [-0.3, -0.25) is 4.90 Å². The van der Waals surface area contributed by atoms with Gasteiger partial charge >= 0.3 is 0 Å². The van der Waals surface area contributed by atoms with E-state index in [-0.39, 0.29) is 5.82 Å². The van der Waals surface area contributed by atoms with Gasteiger partial charge < -0.3 is 10.1 Å². The topological polar surface area (TPSA) is 24.5 Å². The minimum absolute atomic E-state index is 0.170. The third kappa shape index (κ3) is 6.02. The average molecular weight is 359 g/mol. The predicted octanol–water partition coefficient (Wildman–Crippen LogP) is 3.04. The van der Waals surface area contributed by atoms with Crippen LogP contribution in [0.2, 0.25) is 0 Å². The Labute approximate surface area is 135 Å². The summed E-state index contributed by atoms with van der Waals surface area (Å²) in [6.07, 6.45) is 2.41. The molecule has 2 rings (SSSR count). The summed E-state index contributed by atoms with van der Waals surface area (Å²) in [6, 6.07) is 5.13. The van der Waals surface area contributed by atoms with Gasteiger partial charge in [0.1, 0.15) is 5.82 Å². The Morgan fingerprint density at radius 3 is 2.76 bits per heavy atom. The van der Waals surface area contributed by atoms with E-state index in [1.54, 1.807) is 13.2 Å². The van der Waals surface area contributed by atoms with Crippen LogP contribution in [0.25, 0.3) is 0 Å². The van der Waals surface area contributed by atoms with Crippen LogP contribution in [0.5, 0.6) is 0 Å². The van der Waals surface area contributed by atoms with Gasteiger partial charge in [0.15, 0.2) is 0 Å². The third-order valence-electron chi connectivity index (χ3n) is 3.95. The maximum absolute atomic E-state index is 13.4. The Bertz CT molecular complexity index is 416. The number of nitrogens with zero attached hydrogens (tertiary/aromatic N) is 1. The normalized spacial score (nSPS) is 17.3. The van der Waals surface area contributed by atoms with E-state index < -0.39 is 0 Å². The molecule has 0 aromatic heterocycles. The summed E-state index contributed by atoms with van der Waals surface area (Å²) >= 11 is 3.35. The molecule has 1 fully saturated rings. The van der Waals surface area contributed by atoms with Crippen molar-refractivity contribution in [1.29, 1.82) is 0 Å². The Morgan fingerprint density at radius 1 is 1.33 bits per heavy atom. The summed E-state index contributed by atoms with van der Waals surface area (Å²) in [5, 5.41) is 3.44. The molecule has 0 amide bonds. The molecule has 5 heteroatoms. The van der Waals surface area contributed by atoms with Gasteiger partial charge in [0, 0.05) is 24.7 Å². The lowest BCUT2D eigenvalue weighted by Crippen LogP contribution is -2.37. The quantitative estimate of drug-likeness (QED) is 0.758. The molecule has 1 saturated heterocycles. The van der Waals surface area contributed by atoms with Crippen LogP contribution in [0.1, 0.15) is 18.4 Å². The fourth-order valence-electron chi connectivity index (χ4n) is 2.79. The molecule has 21 heavy (non-hydrogen) atoms. The zero-order chi connectivity index (χ0) is 15.1. The van der Waals surface area contributed by atoms with Crippen molar-refractivity contribution in [2.24, 2.45) is 5.92 Å². The number of methoxy groups -OCH3 is 1. The van der Waals surface area contributed by atoms with Crippen molar-refractivity contribution in [3.05, 3.63) is 34.1 Å². The number of rotatable bonds is 7. The van der Waals surface area contributed by atoms with Crippen LogP contribution in [0.3, 0.4) is 0 Å². The lowest BCUT2D eigenvalue weighted by Gasteiger charge is -2.32. The summed E-state index contributed by atoms with van der Waals surface area (Å²) in [5.74, 6) is 0.578. The summed E-state index contributed by atoms with van der Waals surface area (Å²) in [7, 11) is 1.73. The molecule has 0 bridgehead atoms. The number of halogens is 2. The van der Waals surface area contributed by atoms with E-state index in [4.69, 9.17) is 4.74 Å². The Balaban J connectivity index is 1.71. The first-order valence-corrected chi connectivity index (χ1v) is 8.33. The van der Waals surface area contributed by atoms with Crippen LogP contribution in [0.4, 0.5) is 4.39 Å². The van der Waals surface area contributed by atoms with Crippen LogP contribution >= 0.6 is 15.9 Å². The Kier molecular flexibility index (Phi) is 7.10. The number of piperidine rings is 1. The lowest BCUT2D eigenvalue weighted by atomic mass is 9.96. The van der Waals surface area contributed by atoms with Gasteiger partial charge in [0.25, 0.3) is 0 Å². The number of benzene rings is 1. The summed E-state index contributed by atoms with van der Waals surface area (Å²) < 4.78 is 19.2. The van der Waals surface area contributed by atoms with Crippen molar-refractivity contribution in [1.82, 2.24) is 10.2 Å². The number of ether oxygens (including phenoxy) is 1. The first-order valence-electron chi connectivity index (χ1n) is 7.54. The second kappa shape index (κ2) is 8.83. The van der Waals surface area contributed by atoms with E-state index in [1.165, 1.54) is 18.9 Å². The van der Waals surface area contributed by atoms with Crippen molar-refractivity contribution in [2.45, 2.75) is 19.4 Å². The highest BCUT2D eigenvalue weighted by molar-refractivity contribution is 9.10. The van der Waals surface area contributed by atoms with Crippen molar-refractivity contribution in [3.63, 3.8) is 0 Å². The van der Waals surface area contributed by atoms with E-state index in [1.807, 2.05) is 6.07 Å². The maximum Gasteiger partial charge on any atom is 0.124 e. The number of hydrogen-bond donors (Lipinski definition) is 1. The van der Waals surface area contributed by atoms with E-state index in [2.05, 4.69) is 26.1 Å². The highest BCUT2D eigenvalue weighted by atomic mass is 79.9. The number of nitrogens with one attached hydrogen (secondary N) is 1. The van der Waals surface area contributed by atoms with Crippen LogP contribution in [0, 0.1) is 11.7 Å². The SMILES string of the molecule is COCCNCC1CCN(Cc2cc(F)cc(Br)c2)CC1. The van der Waals surface area contributed by atoms with Gasteiger partial charge in [-0.25, -0.2) is 4.39 Å². The number of hydrogen-bond acceptors (Lipinski definition) is 3. The van der Waals surface area contributed by atoms with Gasteiger partial charge in [0.05, 0.1) is 6.61 Å². The first-order chi connectivity index (χ1) is 10.2. The molecule has 0 radical (unpaired) electrons. The zero-order valence-corrected chi connectivity index (χ0v) is 14.2. The summed E-state index contributed by atoms with van der Waals surface area (Å²) in [5.41, 5.74) is 1.04. The largest absolute Gasteiger partial charge is 0.383 e. The van der Waals surface area contributed by atoms with Crippen LogP contribution in [-0.2, 0) is 11.3 Å². The van der Waals surface area contributed by atoms with Crippen LogP contribution in [0.15, 0.2) is 22.7 Å². The van der Waals surface area contributed by atoms with E-state index in [0.717, 1.165) is 55.3 Å². The Morgan fingerprint density at radius 2 is 2.10 bits per heavy atom. The molecule has 1 N–H and O–H groups in total. The lowest BCUT2D eigenvalue weighted by molar-refractivity contribution is 0.168. The molecule has 0 spiro atoms. The van der Waals surface area contributed by atoms with Gasteiger partial charge in [0.2, 0.25) is 0 Å². The molecule has 1 aliphatic heterocycles. The minimum atomic E-state index is -0.170. The molecule has 118 valence electrons. The fourth-order valence-corrected chi connectivity index (χ4v) is 3.30. The fraction of sp³-hybridized carbons (Fsp3) is 0.625. The first kappa shape index (κ1) is 16.9. The van der Waals surface area contributed by atoms with Gasteiger partial charge in [-0.15, -0.1) is 0 Å². The van der Waals surface area contributed by atoms with Gasteiger partial charge in [-0.1, -0.05) is 15.9 Å². The van der Waals surface area contributed by atoms with Gasteiger partial charge in [-0.2, -0.15) is 0 Å². The predicted molar refractivity (Wildman–Crippen MR) is 86.8 cm³/mol. The Hall–Kier alpha value is -0.490. The van der Waals surface area contributed by atoms with Gasteiger partial charge in [-0.05, 0) is 62.2 Å². The second-order valence-electron chi connectivity index (χ2n) is 5.69. The van der Waals surface area contributed by atoms with Crippen molar-refractivity contribution >= 4 is 15.9 Å². The van der Waals surface area contributed by atoms with Crippen molar-refractivity contribution in [2.75, 3.05) is 39.9 Å². The number of likely N-dealkylation sites (tertiary alicyclic amines) is 1. The highest BCUT2D eigenvalue weighted by Gasteiger charge is 2.19. The van der Waals surface area contributed by atoms with Crippen LogP contribution in [-0.4, -0.2) is 44.8 Å². The molecule has 3 nitrogen and oxygen atoms in total. The molecule has 0 saturated carbocycles. The molecule has 1 aromatic rings. The van der Waals surface area contributed by atoms with E-state index in [0.29, 0.717) is 0 Å². The highest BCUT2D eigenvalue weighted by Crippen LogP contribution is 2.20. The van der Waals surface area contributed by atoms with Crippen LogP contribution < -0.4 is 5.32 Å². The smallest absolute Gasteiger partial charge is 0.124 e. The summed E-state index contributed by atoms with van der Waals surface area (Å²) in [6.45, 7) is 5.78. The molecule has 1 aliphatic rings. The summed E-state index contributed by atoms with van der Waals surface area (Å²) in [4.78, 5) is 2.41. The molecule has 1 aromatic carbocycles. The standard InChI is InChI=1S/C16H24BrFN2O/c1-21-7-4-19-11-13-2-5-20(6-3-13)12-14-8-15(17)10-16(18)9-14/h8-10,13,19H,2-7,11-12H2,1H3. The molecule has 0 unspecified atom stereocenters. The monoisotopic (exact) mass is 358 g/mol. The minimum Gasteiger partial charge on any atom is -0.383 e. The van der Waals surface area contributed by atoms with E-state index >= 15 is 0 Å². The molecular weight excluding hydrogens is 335 g/mol.